The Morgan fingerprint density at radius 1 is 1.36 bits per heavy atom. The standard InChI is InChI=1S/C19H26N4O2/c1-4-25-18(24)15(2)14-21-19(20-3)22-16-10-12-23(13-11-16)17-8-6-5-7-9-17/h5-9,14,16H,3-4,10-13H2,1-2H3,(H,21,22)/b15-14+. The molecule has 6 nitrogen and oxygen atoms in total. The van der Waals surface area contributed by atoms with E-state index in [1.54, 1.807) is 13.8 Å². The second-order valence-electron chi connectivity index (χ2n) is 5.88. The van der Waals surface area contributed by atoms with Crippen LogP contribution < -0.4 is 10.2 Å². The molecule has 0 aliphatic carbocycles. The predicted octanol–water partition coefficient (Wildman–Crippen LogP) is 2.77. The van der Waals surface area contributed by atoms with Gasteiger partial charge >= 0.3 is 5.97 Å². The van der Waals surface area contributed by atoms with E-state index in [1.807, 2.05) is 6.07 Å². The van der Waals surface area contributed by atoms with Gasteiger partial charge in [0.1, 0.15) is 0 Å². The summed E-state index contributed by atoms with van der Waals surface area (Å²) in [6.45, 7) is 9.29. The van der Waals surface area contributed by atoms with Crippen molar-refractivity contribution < 1.29 is 9.53 Å². The van der Waals surface area contributed by atoms with Crippen molar-refractivity contribution >= 4 is 24.3 Å². The van der Waals surface area contributed by atoms with Crippen LogP contribution in [0.2, 0.25) is 0 Å². The van der Waals surface area contributed by atoms with Gasteiger partial charge in [0.25, 0.3) is 0 Å². The number of aliphatic imine (C=N–C) groups is 2. The largest absolute Gasteiger partial charge is 0.463 e. The molecule has 0 bridgehead atoms. The van der Waals surface area contributed by atoms with Crippen molar-refractivity contribution in [3.05, 3.63) is 42.1 Å². The summed E-state index contributed by atoms with van der Waals surface area (Å²) in [5, 5.41) is 3.30. The third-order valence-corrected chi connectivity index (χ3v) is 4.08. The van der Waals surface area contributed by atoms with Crippen LogP contribution in [0.15, 0.2) is 52.1 Å². The molecule has 1 saturated heterocycles. The molecule has 1 heterocycles. The fraction of sp³-hybridized carbons (Fsp3) is 0.421. The van der Waals surface area contributed by atoms with Crippen LogP contribution >= 0.6 is 0 Å². The molecule has 25 heavy (non-hydrogen) atoms. The van der Waals surface area contributed by atoms with E-state index in [0.29, 0.717) is 24.2 Å². The van der Waals surface area contributed by atoms with E-state index in [2.05, 4.69) is 51.2 Å². The maximum absolute atomic E-state index is 11.6. The van der Waals surface area contributed by atoms with Crippen LogP contribution in [0, 0.1) is 0 Å². The number of guanidine groups is 1. The van der Waals surface area contributed by atoms with Gasteiger partial charge < -0.3 is 15.0 Å². The lowest BCUT2D eigenvalue weighted by Crippen LogP contribution is -2.44. The molecule has 134 valence electrons. The summed E-state index contributed by atoms with van der Waals surface area (Å²) in [6.07, 6.45) is 3.45. The third-order valence-electron chi connectivity index (χ3n) is 4.08. The Morgan fingerprint density at radius 2 is 2.04 bits per heavy atom. The molecule has 0 saturated carbocycles. The molecule has 6 heteroatoms. The van der Waals surface area contributed by atoms with Crippen molar-refractivity contribution in [3.8, 4) is 0 Å². The molecule has 1 aromatic carbocycles. The van der Waals surface area contributed by atoms with Gasteiger partial charge in [0.2, 0.25) is 5.96 Å². The van der Waals surface area contributed by atoms with E-state index in [-0.39, 0.29) is 5.97 Å². The van der Waals surface area contributed by atoms with Crippen molar-refractivity contribution in [1.29, 1.82) is 0 Å². The van der Waals surface area contributed by atoms with E-state index in [1.165, 1.54) is 11.9 Å². The van der Waals surface area contributed by atoms with Crippen LogP contribution in [-0.2, 0) is 9.53 Å². The van der Waals surface area contributed by atoms with Gasteiger partial charge in [-0.05, 0) is 45.5 Å². The molecule has 0 amide bonds. The average Bonchev–Trinajstić information content (AvgIpc) is 2.66. The van der Waals surface area contributed by atoms with E-state index in [9.17, 15) is 4.79 Å². The minimum Gasteiger partial charge on any atom is -0.463 e. The Kier molecular flexibility index (Phi) is 7.19. The highest BCUT2D eigenvalue weighted by atomic mass is 16.5. The molecule has 1 fully saturated rings. The average molecular weight is 342 g/mol. The Hall–Kier alpha value is -2.63. The van der Waals surface area contributed by atoms with Crippen LogP contribution in [-0.4, -0.2) is 44.4 Å². The first kappa shape index (κ1) is 18.7. The van der Waals surface area contributed by atoms with Gasteiger partial charge in [0.15, 0.2) is 0 Å². The van der Waals surface area contributed by atoms with Crippen molar-refractivity contribution in [1.82, 2.24) is 5.32 Å². The Bertz CT molecular complexity index is 632. The smallest absolute Gasteiger partial charge is 0.335 e. The van der Waals surface area contributed by atoms with Gasteiger partial charge in [0, 0.05) is 31.0 Å². The number of ether oxygens (including phenoxy) is 1. The van der Waals surface area contributed by atoms with Crippen molar-refractivity contribution in [2.45, 2.75) is 32.7 Å². The first-order valence-electron chi connectivity index (χ1n) is 8.59. The molecule has 0 spiro atoms. The first-order chi connectivity index (χ1) is 12.1. The number of carbonyl (C=O) groups excluding carboxylic acids is 1. The number of nitrogens with zero attached hydrogens (tertiary/aromatic N) is 3. The summed E-state index contributed by atoms with van der Waals surface area (Å²) in [7, 11) is 0. The Labute approximate surface area is 149 Å². The quantitative estimate of drug-likeness (QED) is 0.387. The number of anilines is 1. The normalized spacial score (nSPS) is 16.5. The second-order valence-corrected chi connectivity index (χ2v) is 5.88. The van der Waals surface area contributed by atoms with E-state index in [0.717, 1.165) is 25.9 Å². The lowest BCUT2D eigenvalue weighted by Gasteiger charge is -2.34. The minimum atomic E-state index is -0.370. The van der Waals surface area contributed by atoms with Gasteiger partial charge in [-0.15, -0.1) is 0 Å². The molecular formula is C19H26N4O2. The number of carbonyl (C=O) groups is 1. The molecule has 0 radical (unpaired) electrons. The molecular weight excluding hydrogens is 316 g/mol. The summed E-state index contributed by atoms with van der Waals surface area (Å²) >= 11 is 0. The minimum absolute atomic E-state index is 0.292. The van der Waals surface area contributed by atoms with Gasteiger partial charge in [-0.3, -0.25) is 0 Å². The van der Waals surface area contributed by atoms with E-state index >= 15 is 0 Å². The number of esters is 1. The summed E-state index contributed by atoms with van der Waals surface area (Å²) in [4.78, 5) is 22.1. The maximum Gasteiger partial charge on any atom is 0.335 e. The van der Waals surface area contributed by atoms with Crippen LogP contribution in [0.5, 0.6) is 0 Å². The van der Waals surface area contributed by atoms with Crippen LogP contribution in [0.4, 0.5) is 5.69 Å². The molecule has 1 N–H and O–H groups in total. The third kappa shape index (κ3) is 5.74. The zero-order valence-electron chi connectivity index (χ0n) is 14.9. The van der Waals surface area contributed by atoms with Gasteiger partial charge in [-0.25, -0.2) is 14.8 Å². The number of piperidine rings is 1. The Balaban J connectivity index is 1.88. The number of hydrogen-bond acceptors (Lipinski definition) is 4. The zero-order chi connectivity index (χ0) is 18.1. The summed E-state index contributed by atoms with van der Waals surface area (Å²) in [5.74, 6) is 0.0626. The number of hydrogen-bond donors (Lipinski definition) is 1. The molecule has 1 aliphatic rings. The van der Waals surface area contributed by atoms with Crippen molar-refractivity contribution in [2.75, 3.05) is 24.6 Å². The Morgan fingerprint density at radius 3 is 2.64 bits per heavy atom. The first-order valence-corrected chi connectivity index (χ1v) is 8.59. The molecule has 2 rings (SSSR count). The summed E-state index contributed by atoms with van der Waals surface area (Å²) < 4.78 is 4.92. The fourth-order valence-corrected chi connectivity index (χ4v) is 2.68. The highest BCUT2D eigenvalue weighted by Crippen LogP contribution is 2.19. The highest BCUT2D eigenvalue weighted by Gasteiger charge is 2.19. The van der Waals surface area contributed by atoms with Gasteiger partial charge in [-0.1, -0.05) is 18.2 Å². The van der Waals surface area contributed by atoms with Crippen LogP contribution in [0.1, 0.15) is 26.7 Å². The molecule has 1 aliphatic heterocycles. The van der Waals surface area contributed by atoms with E-state index < -0.39 is 0 Å². The number of para-hydroxylation sites is 1. The second kappa shape index (κ2) is 9.61. The fourth-order valence-electron chi connectivity index (χ4n) is 2.68. The molecule has 0 atom stereocenters. The topological polar surface area (TPSA) is 66.3 Å². The number of benzene rings is 1. The molecule has 0 unspecified atom stereocenters. The van der Waals surface area contributed by atoms with Crippen LogP contribution in [0.25, 0.3) is 0 Å². The van der Waals surface area contributed by atoms with E-state index in [4.69, 9.17) is 4.74 Å². The maximum atomic E-state index is 11.6. The number of nitrogens with one attached hydrogen (secondary N) is 1. The monoisotopic (exact) mass is 342 g/mol. The van der Waals surface area contributed by atoms with Crippen molar-refractivity contribution in [2.24, 2.45) is 9.98 Å². The molecule has 1 aromatic rings. The predicted molar refractivity (Wildman–Crippen MR) is 102 cm³/mol. The lowest BCUT2D eigenvalue weighted by atomic mass is 10.0. The van der Waals surface area contributed by atoms with Gasteiger partial charge in [-0.2, -0.15) is 0 Å². The molecule has 0 aromatic heterocycles. The van der Waals surface area contributed by atoms with Crippen LogP contribution in [0.3, 0.4) is 0 Å². The van der Waals surface area contributed by atoms with Crippen molar-refractivity contribution in [3.63, 3.8) is 0 Å². The number of rotatable bonds is 5. The SMILES string of the molecule is C=N/C(=N\C=C(/C)C(=O)OCC)NC1CCN(c2ccccc2)CC1. The lowest BCUT2D eigenvalue weighted by molar-refractivity contribution is -0.138. The van der Waals surface area contributed by atoms with Gasteiger partial charge in [0.05, 0.1) is 12.2 Å². The summed E-state index contributed by atoms with van der Waals surface area (Å²) in [5.41, 5.74) is 1.69. The summed E-state index contributed by atoms with van der Waals surface area (Å²) in [6, 6.07) is 10.7. The highest BCUT2D eigenvalue weighted by molar-refractivity contribution is 5.89. The zero-order valence-corrected chi connectivity index (χ0v) is 14.9.